The standard InChI is InChI=1S/C76H46N6/c1-3-19-47(20-4-1)49-35-40-61-59-27-11-17-33-69(59)81(71(61)44-49)74-77-73(78-75(79-74)82-70-34-18-12-28-60(70)62-41-36-50(45-72(62)82)48-21-5-2-6-22-48)51-37-39-55-53-23-7-13-29-63(53)76(65(55)43-51)64-30-14-8-24-54(64)56-42-38-52(46-66(56)76)80-67-31-15-9-25-57(67)58-26-10-16-32-68(58)80/h1-46H. The Bertz CT molecular complexity index is 5110. The Kier molecular flexibility index (Phi) is 9.34. The Morgan fingerprint density at radius 2 is 0.610 bits per heavy atom. The Hall–Kier alpha value is -11.0. The minimum atomic E-state index is -0.664. The van der Waals surface area contributed by atoms with Crippen molar-refractivity contribution in [2.75, 3.05) is 0 Å². The van der Waals surface area contributed by atoms with Crippen LogP contribution in [0.2, 0.25) is 0 Å². The van der Waals surface area contributed by atoms with Crippen LogP contribution in [0.4, 0.5) is 0 Å². The van der Waals surface area contributed by atoms with E-state index in [0.717, 1.165) is 77.1 Å². The lowest BCUT2D eigenvalue weighted by Gasteiger charge is -2.31. The molecule has 0 fully saturated rings. The van der Waals surface area contributed by atoms with Crippen LogP contribution in [-0.2, 0) is 5.41 Å². The SMILES string of the molecule is c1ccc(-c2ccc3c4ccccc4n(-c4nc(-c5ccc6c(c5)C5(c7ccccc7-6)c6ccccc6-c6ccc(-n7c8ccccc8c8ccccc87)cc65)nc(-n5c6ccccc6c6ccc(-c7ccccc7)cc65)n4)c3c2)cc1. The molecule has 0 amide bonds. The van der Waals surface area contributed by atoms with E-state index in [2.05, 4.69) is 293 Å². The van der Waals surface area contributed by atoms with Crippen molar-refractivity contribution in [2.45, 2.75) is 5.41 Å². The molecule has 1 spiro atoms. The molecule has 12 aromatic carbocycles. The lowest BCUT2D eigenvalue weighted by molar-refractivity contribution is 0.792. The van der Waals surface area contributed by atoms with E-state index in [1.165, 1.54) is 66.3 Å². The van der Waals surface area contributed by atoms with Crippen molar-refractivity contribution in [1.82, 2.24) is 28.7 Å². The highest BCUT2D eigenvalue weighted by atomic mass is 15.3. The van der Waals surface area contributed by atoms with Crippen molar-refractivity contribution in [3.05, 3.63) is 301 Å². The highest BCUT2D eigenvalue weighted by Crippen LogP contribution is 2.63. The van der Waals surface area contributed by atoms with Gasteiger partial charge in [-0.15, -0.1) is 0 Å². The maximum absolute atomic E-state index is 5.69. The lowest BCUT2D eigenvalue weighted by Crippen LogP contribution is -2.26. The zero-order valence-electron chi connectivity index (χ0n) is 44.2. The number of aromatic nitrogens is 6. The van der Waals surface area contributed by atoms with Crippen LogP contribution >= 0.6 is 0 Å². The fourth-order valence-electron chi connectivity index (χ4n) is 14.3. The van der Waals surface area contributed by atoms with Gasteiger partial charge in [-0.3, -0.25) is 9.13 Å². The van der Waals surface area contributed by atoms with Crippen molar-refractivity contribution in [3.63, 3.8) is 0 Å². The number of nitrogens with zero attached hydrogens (tertiary/aromatic N) is 6. The molecule has 0 radical (unpaired) electrons. The van der Waals surface area contributed by atoms with Crippen molar-refractivity contribution in [1.29, 1.82) is 0 Å². The third kappa shape index (κ3) is 6.20. The Morgan fingerprint density at radius 1 is 0.232 bits per heavy atom. The summed E-state index contributed by atoms with van der Waals surface area (Å²) in [7, 11) is 0. The molecule has 6 nitrogen and oxygen atoms in total. The summed E-state index contributed by atoms with van der Waals surface area (Å²) in [6, 6.07) is 102. The van der Waals surface area contributed by atoms with Gasteiger partial charge in [-0.1, -0.05) is 224 Å². The Morgan fingerprint density at radius 3 is 1.11 bits per heavy atom. The van der Waals surface area contributed by atoms with Gasteiger partial charge in [0.2, 0.25) is 11.9 Å². The highest BCUT2D eigenvalue weighted by molar-refractivity contribution is 6.12. The van der Waals surface area contributed by atoms with E-state index in [1.54, 1.807) is 0 Å². The molecule has 82 heavy (non-hydrogen) atoms. The number of hydrogen-bond donors (Lipinski definition) is 0. The summed E-state index contributed by atoms with van der Waals surface area (Å²) < 4.78 is 6.95. The largest absolute Gasteiger partial charge is 0.309 e. The molecule has 0 aliphatic heterocycles. The van der Waals surface area contributed by atoms with Gasteiger partial charge in [-0.2, -0.15) is 15.0 Å². The van der Waals surface area contributed by atoms with Gasteiger partial charge in [0, 0.05) is 43.6 Å². The molecule has 0 saturated heterocycles. The average Bonchev–Trinajstić information content (AvgIpc) is 1.77. The average molecular weight is 1040 g/mol. The molecule has 6 heteroatoms. The van der Waals surface area contributed by atoms with Crippen molar-refractivity contribution >= 4 is 65.4 Å². The van der Waals surface area contributed by atoms with Crippen LogP contribution in [0.15, 0.2) is 279 Å². The molecule has 2 aliphatic rings. The summed E-state index contributed by atoms with van der Waals surface area (Å²) >= 11 is 0. The van der Waals surface area contributed by atoms with E-state index in [4.69, 9.17) is 15.0 Å². The lowest BCUT2D eigenvalue weighted by atomic mass is 9.70. The summed E-state index contributed by atoms with van der Waals surface area (Å²) in [5, 5.41) is 6.98. The second-order valence-corrected chi connectivity index (χ2v) is 21.9. The van der Waals surface area contributed by atoms with Gasteiger partial charge >= 0.3 is 0 Å². The van der Waals surface area contributed by atoms with Gasteiger partial charge in [0.25, 0.3) is 0 Å². The summed E-state index contributed by atoms with van der Waals surface area (Å²) in [5.41, 5.74) is 22.2. The normalized spacial score (nSPS) is 14.1. The van der Waals surface area contributed by atoms with Gasteiger partial charge < -0.3 is 4.57 Å². The number of benzene rings is 12. The van der Waals surface area contributed by atoms with Crippen LogP contribution in [0, 0.1) is 0 Å². The minimum absolute atomic E-state index is 0.535. The van der Waals surface area contributed by atoms with Gasteiger partial charge in [0.15, 0.2) is 5.82 Å². The molecule has 18 rings (SSSR count). The van der Waals surface area contributed by atoms with Crippen molar-refractivity contribution in [2.24, 2.45) is 0 Å². The molecule has 16 aromatic rings. The molecule has 4 aromatic heterocycles. The smallest absolute Gasteiger partial charge is 0.240 e. The highest BCUT2D eigenvalue weighted by Gasteiger charge is 2.52. The minimum Gasteiger partial charge on any atom is -0.309 e. The monoisotopic (exact) mass is 1040 g/mol. The molecule has 0 bridgehead atoms. The van der Waals surface area contributed by atoms with E-state index < -0.39 is 5.41 Å². The van der Waals surface area contributed by atoms with Crippen molar-refractivity contribution < 1.29 is 0 Å². The third-order valence-corrected chi connectivity index (χ3v) is 17.7. The van der Waals surface area contributed by atoms with Crippen LogP contribution in [0.1, 0.15) is 22.3 Å². The predicted octanol–water partition coefficient (Wildman–Crippen LogP) is 18.5. The summed E-state index contributed by atoms with van der Waals surface area (Å²) in [6.45, 7) is 0. The molecular weight excluding hydrogens is 997 g/mol. The molecule has 4 heterocycles. The number of fused-ring (bicyclic) bond motifs is 19. The summed E-state index contributed by atoms with van der Waals surface area (Å²) in [6.07, 6.45) is 0. The Balaban J connectivity index is 0.921. The maximum Gasteiger partial charge on any atom is 0.240 e. The molecule has 1 atom stereocenters. The zero-order chi connectivity index (χ0) is 53.6. The van der Waals surface area contributed by atoms with E-state index in [9.17, 15) is 0 Å². The van der Waals surface area contributed by atoms with Crippen LogP contribution in [0.25, 0.3) is 139 Å². The first-order valence-corrected chi connectivity index (χ1v) is 28.1. The second kappa shape index (κ2) is 17.0. The van der Waals surface area contributed by atoms with Crippen LogP contribution in [-0.4, -0.2) is 28.7 Å². The van der Waals surface area contributed by atoms with Crippen LogP contribution in [0.3, 0.4) is 0 Å². The first kappa shape index (κ1) is 45.0. The van der Waals surface area contributed by atoms with Crippen LogP contribution in [0.5, 0.6) is 0 Å². The summed E-state index contributed by atoms with van der Waals surface area (Å²) in [5.74, 6) is 1.65. The topological polar surface area (TPSA) is 53.5 Å². The molecule has 0 saturated carbocycles. The maximum atomic E-state index is 5.69. The van der Waals surface area contributed by atoms with Crippen molar-refractivity contribution in [3.8, 4) is 73.5 Å². The first-order chi connectivity index (χ1) is 40.7. The fraction of sp³-hybridized carbons (Fsp3) is 0.0132. The molecule has 380 valence electrons. The molecule has 0 N–H and O–H groups in total. The Labute approximate surface area is 471 Å². The summed E-state index contributed by atoms with van der Waals surface area (Å²) in [4.78, 5) is 17.0. The third-order valence-electron chi connectivity index (χ3n) is 17.7. The van der Waals surface area contributed by atoms with Gasteiger partial charge in [0.05, 0.1) is 38.5 Å². The number of para-hydroxylation sites is 4. The van der Waals surface area contributed by atoms with E-state index in [-0.39, 0.29) is 0 Å². The number of rotatable bonds is 6. The zero-order valence-corrected chi connectivity index (χ0v) is 44.2. The van der Waals surface area contributed by atoms with E-state index >= 15 is 0 Å². The van der Waals surface area contributed by atoms with Gasteiger partial charge in [-0.05, 0) is 121 Å². The van der Waals surface area contributed by atoms with E-state index in [0.29, 0.717) is 17.7 Å². The van der Waals surface area contributed by atoms with Gasteiger partial charge in [-0.25, -0.2) is 0 Å². The predicted molar refractivity (Wildman–Crippen MR) is 335 cm³/mol. The second-order valence-electron chi connectivity index (χ2n) is 21.9. The number of hydrogen-bond acceptors (Lipinski definition) is 3. The fourth-order valence-corrected chi connectivity index (χ4v) is 14.3. The first-order valence-electron chi connectivity index (χ1n) is 28.1. The molecule has 1 unspecified atom stereocenters. The quantitative estimate of drug-likeness (QED) is 0.167. The molecular formula is C76H46N6. The van der Waals surface area contributed by atoms with E-state index in [1.807, 2.05) is 0 Å². The molecule has 2 aliphatic carbocycles. The van der Waals surface area contributed by atoms with Crippen LogP contribution < -0.4 is 0 Å². The van der Waals surface area contributed by atoms with Gasteiger partial charge in [0.1, 0.15) is 0 Å².